The summed E-state index contributed by atoms with van der Waals surface area (Å²) in [6, 6.07) is 11.1. The van der Waals surface area contributed by atoms with Crippen molar-refractivity contribution in [2.24, 2.45) is 7.05 Å². The van der Waals surface area contributed by atoms with E-state index >= 15 is 0 Å². The summed E-state index contributed by atoms with van der Waals surface area (Å²) in [6.07, 6.45) is 0.801. The highest BCUT2D eigenvalue weighted by Gasteiger charge is 2.12. The molecule has 28 heavy (non-hydrogen) atoms. The minimum Gasteiger partial charge on any atom is -0.497 e. The number of hydrogen-bond acceptors (Lipinski definition) is 7. The zero-order chi connectivity index (χ0) is 20.7. The lowest BCUT2D eigenvalue weighted by molar-refractivity contribution is 0.112. The van der Waals surface area contributed by atoms with Gasteiger partial charge >= 0.3 is 6.01 Å². The normalized spacial score (nSPS) is 9.93. The highest BCUT2D eigenvalue weighted by Crippen LogP contribution is 2.26. The summed E-state index contributed by atoms with van der Waals surface area (Å²) in [7, 11) is 4.48. The highest BCUT2D eigenvalue weighted by atomic mass is 16.5. The Morgan fingerprint density at radius 1 is 1.11 bits per heavy atom. The van der Waals surface area contributed by atoms with Gasteiger partial charge in [-0.2, -0.15) is 4.98 Å². The second-order valence-electron chi connectivity index (χ2n) is 5.34. The van der Waals surface area contributed by atoms with Gasteiger partial charge in [-0.05, 0) is 30.3 Å². The zero-order valence-corrected chi connectivity index (χ0v) is 16.6. The molecule has 4 rings (SSSR count). The van der Waals surface area contributed by atoms with Crippen molar-refractivity contribution in [3.05, 3.63) is 42.0 Å². The fourth-order valence-electron chi connectivity index (χ4n) is 2.58. The van der Waals surface area contributed by atoms with Crippen LogP contribution < -0.4 is 10.1 Å². The molecular formula is C20H24N4O4. The third kappa shape index (κ3) is 4.12. The number of carbonyl (C=O) groups excluding carboxylic acids is 1. The monoisotopic (exact) mass is 384 g/mol. The van der Waals surface area contributed by atoms with Crippen LogP contribution in [0.2, 0.25) is 0 Å². The van der Waals surface area contributed by atoms with Crippen LogP contribution in [-0.2, 0) is 7.05 Å². The van der Waals surface area contributed by atoms with Crippen molar-refractivity contribution in [1.29, 1.82) is 0 Å². The summed E-state index contributed by atoms with van der Waals surface area (Å²) < 4.78 is 12.8. The molecule has 0 aliphatic carbocycles. The topological polar surface area (TPSA) is 102 Å². The van der Waals surface area contributed by atoms with Crippen LogP contribution >= 0.6 is 0 Å². The van der Waals surface area contributed by atoms with E-state index in [1.54, 1.807) is 25.3 Å². The Balaban J connectivity index is 0.000000660. The van der Waals surface area contributed by atoms with E-state index in [2.05, 4.69) is 15.3 Å². The number of anilines is 2. The van der Waals surface area contributed by atoms with E-state index in [-0.39, 0.29) is 0 Å². The van der Waals surface area contributed by atoms with Gasteiger partial charge in [-0.25, -0.2) is 4.98 Å². The molecule has 2 aromatic carbocycles. The first kappa shape index (κ1) is 20.9. The lowest BCUT2D eigenvalue weighted by Crippen LogP contribution is -1.98. The lowest BCUT2D eigenvalue weighted by Gasteiger charge is -2.01. The molecule has 0 radical (unpaired) electrons. The average molecular weight is 384 g/mol. The molecule has 0 saturated heterocycles. The molecule has 0 bridgehead atoms. The summed E-state index contributed by atoms with van der Waals surface area (Å²) in [5.74, 6) is 1.28. The number of aldehydes is 1. The van der Waals surface area contributed by atoms with Crippen LogP contribution in [0.3, 0.4) is 0 Å². The van der Waals surface area contributed by atoms with E-state index in [9.17, 15) is 4.79 Å². The third-order valence-electron chi connectivity index (χ3n) is 3.86. The Bertz CT molecular complexity index is 1070. The Hall–Kier alpha value is -3.39. The summed E-state index contributed by atoms with van der Waals surface area (Å²) >= 11 is 0. The van der Waals surface area contributed by atoms with Crippen LogP contribution in [0.15, 0.2) is 40.8 Å². The van der Waals surface area contributed by atoms with E-state index in [0.29, 0.717) is 28.9 Å². The molecule has 8 heteroatoms. The molecule has 0 fully saturated rings. The molecule has 2 aromatic heterocycles. The molecule has 0 atom stereocenters. The molecule has 0 spiro atoms. The molecule has 2 N–H and O–H groups in total. The second-order valence-corrected chi connectivity index (χ2v) is 5.34. The van der Waals surface area contributed by atoms with Gasteiger partial charge in [0.25, 0.3) is 0 Å². The van der Waals surface area contributed by atoms with Gasteiger partial charge in [0.05, 0.1) is 18.1 Å². The van der Waals surface area contributed by atoms with Crippen molar-refractivity contribution in [3.8, 4) is 5.75 Å². The molecule has 148 valence electrons. The predicted octanol–water partition coefficient (Wildman–Crippen LogP) is 3.91. The Labute approximate surface area is 162 Å². The maximum absolute atomic E-state index is 10.9. The molecule has 0 unspecified atom stereocenters. The molecule has 8 nitrogen and oxygen atoms in total. The van der Waals surface area contributed by atoms with E-state index in [1.165, 1.54) is 0 Å². The van der Waals surface area contributed by atoms with Crippen LogP contribution in [0.25, 0.3) is 22.1 Å². The predicted molar refractivity (Wildman–Crippen MR) is 109 cm³/mol. The van der Waals surface area contributed by atoms with E-state index in [4.69, 9.17) is 14.3 Å². The number of methoxy groups -OCH3 is 1. The molecule has 4 aromatic rings. The number of aliphatic hydroxyl groups excluding tert-OH is 1. The van der Waals surface area contributed by atoms with E-state index < -0.39 is 0 Å². The van der Waals surface area contributed by atoms with Gasteiger partial charge in [-0.3, -0.25) is 10.1 Å². The van der Waals surface area contributed by atoms with Crippen molar-refractivity contribution in [2.45, 2.75) is 13.8 Å². The molecule has 0 aliphatic heterocycles. The number of fused-ring (bicyclic) bond motifs is 2. The van der Waals surface area contributed by atoms with Crippen molar-refractivity contribution < 1.29 is 19.1 Å². The van der Waals surface area contributed by atoms with Crippen LogP contribution in [0.5, 0.6) is 5.75 Å². The SMILES string of the molecule is CC.CO.COc1ccc2nc(Nc3nc4cc(C=O)ccc4n3C)oc2c1. The smallest absolute Gasteiger partial charge is 0.302 e. The number of aromatic nitrogens is 3. The number of oxazole rings is 1. The maximum atomic E-state index is 10.9. The summed E-state index contributed by atoms with van der Waals surface area (Å²) in [4.78, 5) is 19.8. The standard InChI is InChI=1S/C17H14N4O3.C2H6.CH4O/c1-21-14-6-3-10(9-22)7-13(14)18-16(21)20-17-19-12-5-4-11(23-2)8-15(12)24-17;2*1-2/h3-9H,1-2H3,(H,18,19,20);1-2H3;2H,1H3. The first-order valence-electron chi connectivity index (χ1n) is 8.76. The Kier molecular flexibility index (Phi) is 7.11. The number of imidazole rings is 1. The number of carbonyl (C=O) groups is 1. The minimum atomic E-state index is 0.340. The summed E-state index contributed by atoms with van der Waals surface area (Å²) in [5.41, 5.74) is 3.56. The number of nitrogens with zero attached hydrogens (tertiary/aromatic N) is 3. The fourth-order valence-corrected chi connectivity index (χ4v) is 2.58. The number of aryl methyl sites for hydroxylation is 1. The van der Waals surface area contributed by atoms with Gasteiger partial charge in [-0.1, -0.05) is 13.8 Å². The number of nitrogens with one attached hydrogen (secondary N) is 1. The van der Waals surface area contributed by atoms with Crippen molar-refractivity contribution >= 4 is 40.4 Å². The second kappa shape index (κ2) is 9.52. The Morgan fingerprint density at radius 2 is 1.86 bits per heavy atom. The van der Waals surface area contributed by atoms with Gasteiger partial charge in [0.15, 0.2) is 5.58 Å². The minimum absolute atomic E-state index is 0.340. The number of rotatable bonds is 4. The third-order valence-corrected chi connectivity index (χ3v) is 3.86. The van der Waals surface area contributed by atoms with Crippen molar-refractivity contribution in [3.63, 3.8) is 0 Å². The fraction of sp³-hybridized carbons (Fsp3) is 0.250. The van der Waals surface area contributed by atoms with Gasteiger partial charge in [0.2, 0.25) is 5.95 Å². The van der Waals surface area contributed by atoms with Gasteiger partial charge in [-0.15, -0.1) is 0 Å². The van der Waals surface area contributed by atoms with Crippen LogP contribution in [0.4, 0.5) is 12.0 Å². The molecule has 0 saturated carbocycles. The van der Waals surface area contributed by atoms with Crippen molar-refractivity contribution in [2.75, 3.05) is 19.5 Å². The van der Waals surface area contributed by atoms with Crippen LogP contribution in [0, 0.1) is 0 Å². The van der Waals surface area contributed by atoms with Crippen molar-refractivity contribution in [1.82, 2.24) is 14.5 Å². The quantitative estimate of drug-likeness (QED) is 0.514. The number of hydrogen-bond donors (Lipinski definition) is 2. The number of ether oxygens (including phenoxy) is 1. The average Bonchev–Trinajstić information content (AvgIpc) is 3.30. The number of benzene rings is 2. The zero-order valence-electron chi connectivity index (χ0n) is 16.6. The summed E-state index contributed by atoms with van der Waals surface area (Å²) in [6.45, 7) is 4.00. The first-order valence-corrected chi connectivity index (χ1v) is 8.76. The van der Waals surface area contributed by atoms with Gasteiger partial charge in [0.1, 0.15) is 17.6 Å². The summed E-state index contributed by atoms with van der Waals surface area (Å²) in [5, 5.41) is 10.1. The lowest BCUT2D eigenvalue weighted by atomic mass is 10.2. The first-order chi connectivity index (χ1) is 13.7. The highest BCUT2D eigenvalue weighted by molar-refractivity contribution is 5.86. The Morgan fingerprint density at radius 3 is 2.54 bits per heavy atom. The molecule has 2 heterocycles. The van der Waals surface area contributed by atoms with Crippen LogP contribution in [0.1, 0.15) is 24.2 Å². The molecular weight excluding hydrogens is 360 g/mol. The van der Waals surface area contributed by atoms with Crippen LogP contribution in [-0.4, -0.2) is 40.1 Å². The largest absolute Gasteiger partial charge is 0.497 e. The van der Waals surface area contributed by atoms with Gasteiger partial charge < -0.3 is 18.8 Å². The number of aliphatic hydroxyl groups is 1. The molecule has 0 amide bonds. The van der Waals surface area contributed by atoms with Gasteiger partial charge in [0, 0.05) is 25.8 Å². The van der Waals surface area contributed by atoms with E-state index in [0.717, 1.165) is 29.9 Å². The maximum Gasteiger partial charge on any atom is 0.302 e. The van der Waals surface area contributed by atoms with E-state index in [1.807, 2.05) is 43.7 Å². The molecule has 0 aliphatic rings.